The molecule has 0 spiro atoms. The number of halogens is 5. The standard InChI is InChI=1S/C29H26ClN5O3.C27H28N4O3.C26H24BrClN4O2.C26H24Cl2N4O2/c1-5-18(2)35-10-8-20(9-11-35)38-27-13-22-24(14-26(27)36-4)33-15-25(31-3)29(22)34-19-6-7-23(30)21(12-19)28-16-32-17-37-28;1-5-18(2)31-11-9-21(10-12-31)34-26-14-22-23(15-25(26)33-4)29-16-24(28-3)27(22)30-20-8-6-7-19(13-20)17-32;1-5-16(2)32-10-8-18(9-11-32)34-25-13-19-22(14-24(25)33-4)30-15-23(29-3)26(19)31-17-6-7-20(27)21(28)12-17;1-5-16(2)32-10-8-18(9-11-32)34-25-13-19-22(14-24(25)33-4)30-15-23(29-3)26(19)31-21-7-6-17(27)12-20(21)28/h5-7,12-17,20H,1-2,8-11H2,4H3,(H,33,34);5-8,13-16,21,32H,1-2,9-12,17H2,4H3,(H,29,30);2*5-7,12-15,18H,1-2,8-11H2,4H3,(H,30,31). The quantitative estimate of drug-likeness (QED) is 0.0207. The Kier molecular flexibility index (Phi) is 34.1. The Balaban J connectivity index is 0.000000149. The Bertz CT molecular complexity index is 7050. The Morgan fingerprint density at radius 3 is 1.07 bits per heavy atom. The zero-order valence-corrected chi connectivity index (χ0v) is 82.3. The first-order valence-electron chi connectivity index (χ1n) is 44.7. The van der Waals surface area contributed by atoms with Gasteiger partial charge in [0.1, 0.15) is 24.4 Å². The van der Waals surface area contributed by atoms with E-state index in [9.17, 15) is 5.11 Å². The lowest BCUT2D eigenvalue weighted by Crippen LogP contribution is -2.37. The fourth-order valence-corrected chi connectivity index (χ4v) is 17.6. The summed E-state index contributed by atoms with van der Waals surface area (Å²) in [4.78, 5) is 45.4. The zero-order chi connectivity index (χ0) is 99.2. The molecule has 0 saturated carbocycles. The number of likely N-dealkylation sites (tertiary alicyclic amines) is 4. The topological polar surface area (TPSA) is 250 Å². The molecule has 4 fully saturated rings. The summed E-state index contributed by atoms with van der Waals surface area (Å²) in [6.45, 7) is 68.7. The molecule has 4 aliphatic rings. The molecule has 13 aromatic rings. The molecule has 714 valence electrons. The summed E-state index contributed by atoms with van der Waals surface area (Å²) in [7, 11) is 6.43. The Morgan fingerprint density at radius 2 is 0.757 bits per heavy atom. The van der Waals surface area contributed by atoms with Crippen LogP contribution in [-0.2, 0) is 6.61 Å². The first-order valence-corrected chi connectivity index (χ1v) is 47.0. The third-order valence-corrected chi connectivity index (χ3v) is 26.3. The Morgan fingerprint density at radius 1 is 0.414 bits per heavy atom. The van der Waals surface area contributed by atoms with E-state index in [1.165, 1.54) is 12.6 Å². The highest BCUT2D eigenvalue weighted by Crippen LogP contribution is 2.49. The summed E-state index contributed by atoms with van der Waals surface area (Å²) in [6, 6.07) is 38.5. The second-order valence-electron chi connectivity index (χ2n) is 32.8. The number of ether oxygens (including phenoxy) is 8. The van der Waals surface area contributed by atoms with Crippen LogP contribution < -0.4 is 59.2 Å². The third kappa shape index (κ3) is 24.2. The number of rotatable bonds is 30. The van der Waals surface area contributed by atoms with Crippen molar-refractivity contribution in [3.63, 3.8) is 0 Å². The van der Waals surface area contributed by atoms with Gasteiger partial charge in [-0.3, -0.25) is 19.9 Å². The van der Waals surface area contributed by atoms with Gasteiger partial charge in [0.05, 0.1) is 133 Å². The average Bonchev–Trinajstić information content (AvgIpc) is 0.826. The summed E-state index contributed by atoms with van der Waals surface area (Å²) in [5.41, 5.74) is 14.8. The Labute approximate surface area is 842 Å². The van der Waals surface area contributed by atoms with Crippen molar-refractivity contribution in [3.05, 3.63) is 340 Å². The second kappa shape index (κ2) is 47.3. The molecule has 0 atom stereocenters. The monoisotopic (exact) mass is 2020 g/mol. The second-order valence-corrected chi connectivity index (χ2v) is 35.3. The summed E-state index contributed by atoms with van der Waals surface area (Å²) >= 11 is 28.5. The van der Waals surface area contributed by atoms with Crippen LogP contribution >= 0.6 is 62.3 Å². The minimum Gasteiger partial charge on any atom is -0.493 e. The molecule has 9 heterocycles. The number of benzene rings is 8. The van der Waals surface area contributed by atoms with Crippen LogP contribution in [0.5, 0.6) is 46.0 Å². The number of nitrogens with zero attached hydrogens (tertiary/aromatic N) is 13. The van der Waals surface area contributed by atoms with Crippen molar-refractivity contribution in [2.75, 3.05) is 102 Å². The molecular formula is C108H102BrCl4N17O10. The van der Waals surface area contributed by atoms with Crippen molar-refractivity contribution < 1.29 is 47.4 Å². The molecule has 140 heavy (non-hydrogen) atoms. The van der Waals surface area contributed by atoms with Crippen LogP contribution in [-0.4, -0.2) is 155 Å². The number of aliphatic hydroxyl groups is 1. The van der Waals surface area contributed by atoms with Gasteiger partial charge in [-0.15, -0.1) is 0 Å². The van der Waals surface area contributed by atoms with Gasteiger partial charge in [0, 0.05) is 229 Å². The predicted octanol–water partition coefficient (Wildman–Crippen LogP) is 27.8. The van der Waals surface area contributed by atoms with E-state index in [4.69, 9.17) is 115 Å². The molecule has 0 unspecified atom stereocenters. The maximum absolute atomic E-state index is 9.48. The maximum atomic E-state index is 9.48. The number of allylic oxidation sites excluding steroid dienone is 4. The van der Waals surface area contributed by atoms with Crippen LogP contribution in [0, 0.1) is 26.3 Å². The molecule has 5 N–H and O–H groups in total. The van der Waals surface area contributed by atoms with Gasteiger partial charge < -0.3 is 88.3 Å². The molecule has 5 aromatic heterocycles. The summed E-state index contributed by atoms with van der Waals surface area (Å²) in [5, 5.41) is 27.9. The average molecular weight is 2020 g/mol. The van der Waals surface area contributed by atoms with Gasteiger partial charge in [0.25, 0.3) is 0 Å². The molecule has 0 radical (unpaired) electrons. The summed E-state index contributed by atoms with van der Waals surface area (Å²) < 4.78 is 54.3. The van der Waals surface area contributed by atoms with E-state index in [2.05, 4.69) is 154 Å². The molecule has 4 saturated heterocycles. The molecule has 32 heteroatoms. The Hall–Kier alpha value is -15.1. The van der Waals surface area contributed by atoms with E-state index in [1.54, 1.807) is 108 Å². The van der Waals surface area contributed by atoms with Crippen LogP contribution in [0.4, 0.5) is 68.2 Å². The number of aromatic nitrogens is 5. The van der Waals surface area contributed by atoms with Gasteiger partial charge in [-0.1, -0.05) is 111 Å². The van der Waals surface area contributed by atoms with Crippen molar-refractivity contribution in [1.29, 1.82) is 0 Å². The smallest absolute Gasteiger partial charge is 0.228 e. The van der Waals surface area contributed by atoms with Crippen molar-refractivity contribution in [2.24, 2.45) is 0 Å². The van der Waals surface area contributed by atoms with E-state index in [-0.39, 0.29) is 31.0 Å². The predicted molar refractivity (Wildman–Crippen MR) is 565 cm³/mol. The largest absolute Gasteiger partial charge is 0.493 e. The van der Waals surface area contributed by atoms with Crippen LogP contribution in [0.2, 0.25) is 20.1 Å². The zero-order valence-electron chi connectivity index (χ0n) is 77.7. The first kappa shape index (κ1) is 101. The molecule has 27 nitrogen and oxygen atoms in total. The van der Waals surface area contributed by atoms with Crippen LogP contribution in [0.15, 0.2) is 273 Å². The van der Waals surface area contributed by atoms with Crippen LogP contribution in [0.1, 0.15) is 56.9 Å². The van der Waals surface area contributed by atoms with E-state index in [1.807, 2.05) is 97.1 Å². The number of hydrogen-bond acceptors (Lipinski definition) is 23. The summed E-state index contributed by atoms with van der Waals surface area (Å²) in [5.74, 6) is 5.37. The number of piperidine rings is 4. The number of aliphatic hydroxyl groups excluding tert-OH is 1. The third-order valence-electron chi connectivity index (χ3n) is 24.2. The molecule has 17 rings (SSSR count). The molecule has 0 aliphatic carbocycles. The number of nitrogens with one attached hydrogen (secondary N) is 4. The van der Waals surface area contributed by atoms with Crippen LogP contribution in [0.3, 0.4) is 0 Å². The lowest BCUT2D eigenvalue weighted by Gasteiger charge is -2.34. The summed E-state index contributed by atoms with van der Waals surface area (Å²) in [6.07, 6.45) is 23.2. The lowest BCUT2D eigenvalue weighted by molar-refractivity contribution is 0.116. The number of fused-ring (bicyclic) bond motifs is 4. The van der Waals surface area contributed by atoms with E-state index >= 15 is 0 Å². The SMILES string of the molecule is [C-]#[N+]c1cnc2cc(OC)c(OC3CCN(C(=C)C=C)CC3)cc2c1Nc1ccc(Br)c(Cl)c1.[C-]#[N+]c1cnc2cc(OC)c(OC3CCN(C(=C)C=C)CC3)cc2c1Nc1ccc(Cl)c(-c2cnco2)c1.[C-]#[N+]c1cnc2cc(OC)c(OC3CCN(C(=C)C=C)CC3)cc2c1Nc1ccc(Cl)cc1Cl.[C-]#[N+]c1cnc2cc(OC)c(OC3CCN(C(=C)C=C)CC3)cc2c1Nc1cccc(CO)c1. The molecule has 0 amide bonds. The minimum atomic E-state index is -0.0591. The van der Waals surface area contributed by atoms with Crippen molar-refractivity contribution >= 4 is 174 Å². The maximum Gasteiger partial charge on any atom is 0.228 e. The van der Waals surface area contributed by atoms with Crippen molar-refractivity contribution in [3.8, 4) is 57.3 Å². The highest BCUT2D eigenvalue weighted by atomic mass is 79.9. The van der Waals surface area contributed by atoms with Gasteiger partial charge in [0.15, 0.2) is 58.1 Å². The van der Waals surface area contributed by atoms with E-state index < -0.39 is 0 Å². The lowest BCUT2D eigenvalue weighted by atomic mass is 10.1. The molecule has 4 aliphatic heterocycles. The van der Waals surface area contributed by atoms with Crippen molar-refractivity contribution in [2.45, 2.75) is 82.4 Å². The number of anilines is 8. The normalized spacial score (nSPS) is 13.8. The van der Waals surface area contributed by atoms with Gasteiger partial charge in [-0.05, 0) is 137 Å². The number of oxazole rings is 1. The van der Waals surface area contributed by atoms with E-state index in [0.29, 0.717) is 151 Å². The minimum absolute atomic E-state index is 0.0179. The van der Waals surface area contributed by atoms with Gasteiger partial charge in [-0.2, -0.15) is 0 Å². The number of hydrogen-bond donors (Lipinski definition) is 5. The molecule has 0 bridgehead atoms. The first-order chi connectivity index (χ1) is 67.9. The van der Waals surface area contributed by atoms with Gasteiger partial charge in [0.2, 0.25) is 22.7 Å². The number of methoxy groups -OCH3 is 4. The van der Waals surface area contributed by atoms with E-state index in [0.717, 1.165) is 175 Å². The fourth-order valence-electron chi connectivity index (χ4n) is 16.5. The van der Waals surface area contributed by atoms with Crippen molar-refractivity contribution in [1.82, 2.24) is 44.5 Å². The molecule has 8 aromatic carbocycles. The highest BCUT2D eigenvalue weighted by Gasteiger charge is 2.30. The fraction of sp³-hybridized carbons (Fsp3) is 0.231. The van der Waals surface area contributed by atoms with Gasteiger partial charge in [-0.25, -0.2) is 24.4 Å². The number of pyridine rings is 4. The molecular weight excluding hydrogens is 1920 g/mol. The van der Waals surface area contributed by atoms with Crippen LogP contribution in [0.25, 0.3) is 74.3 Å². The van der Waals surface area contributed by atoms with Gasteiger partial charge >= 0.3 is 0 Å². The highest BCUT2D eigenvalue weighted by molar-refractivity contribution is 9.10.